The molecule has 5 nitrogen and oxygen atoms in total. The number of hydrogen-bond acceptors (Lipinski definition) is 3. The van der Waals surface area contributed by atoms with Crippen molar-refractivity contribution < 1.29 is 19.5 Å². The molecular formula is C11H15NO4. The summed E-state index contributed by atoms with van der Waals surface area (Å²) in [5.41, 5.74) is 0. The molecule has 2 atom stereocenters. The molecule has 0 aromatic rings. The number of carboxylic acids is 1. The minimum Gasteiger partial charge on any atom is -0.478 e. The van der Waals surface area contributed by atoms with Crippen molar-refractivity contribution in [1.82, 2.24) is 5.32 Å². The van der Waals surface area contributed by atoms with Gasteiger partial charge in [0.1, 0.15) is 0 Å². The number of carboxylic acid groups (broad SMARTS) is 1. The molecule has 0 radical (unpaired) electrons. The van der Waals surface area contributed by atoms with E-state index >= 15 is 0 Å². The van der Waals surface area contributed by atoms with E-state index in [2.05, 4.69) is 11.9 Å². The average Bonchev–Trinajstić information content (AvgIpc) is 2.56. The van der Waals surface area contributed by atoms with Gasteiger partial charge in [0.05, 0.1) is 0 Å². The predicted molar refractivity (Wildman–Crippen MR) is 56.4 cm³/mol. The van der Waals surface area contributed by atoms with E-state index in [-0.39, 0.29) is 23.7 Å². The van der Waals surface area contributed by atoms with Crippen LogP contribution in [0.2, 0.25) is 0 Å². The normalized spacial score (nSPS) is 27.2. The van der Waals surface area contributed by atoms with Crippen molar-refractivity contribution in [3.8, 4) is 0 Å². The number of carbonyl (C=O) groups excluding carboxylic acids is 2. The summed E-state index contributed by atoms with van der Waals surface area (Å²) >= 11 is 0. The molecule has 0 bridgehead atoms. The van der Waals surface area contributed by atoms with Gasteiger partial charge in [-0.15, -0.1) is 0 Å². The fraction of sp³-hybridized carbons (Fsp3) is 0.545. The van der Waals surface area contributed by atoms with E-state index in [0.717, 1.165) is 31.8 Å². The molecule has 16 heavy (non-hydrogen) atoms. The number of hydrogen-bond donors (Lipinski definition) is 2. The lowest BCUT2D eigenvalue weighted by molar-refractivity contribution is -0.131. The van der Waals surface area contributed by atoms with Gasteiger partial charge < -0.3 is 5.11 Å². The maximum atomic E-state index is 11.1. The first kappa shape index (κ1) is 12.4. The summed E-state index contributed by atoms with van der Waals surface area (Å²) in [6.07, 6.45) is 4.84. The van der Waals surface area contributed by atoms with Crippen molar-refractivity contribution >= 4 is 17.8 Å². The van der Waals surface area contributed by atoms with E-state index in [1.54, 1.807) is 0 Å². The largest absolute Gasteiger partial charge is 0.478 e. The van der Waals surface area contributed by atoms with Gasteiger partial charge in [-0.1, -0.05) is 19.4 Å². The zero-order valence-corrected chi connectivity index (χ0v) is 8.94. The van der Waals surface area contributed by atoms with Crippen LogP contribution in [0.1, 0.15) is 25.7 Å². The molecule has 2 fully saturated rings. The zero-order valence-electron chi connectivity index (χ0n) is 8.94. The first-order valence-electron chi connectivity index (χ1n) is 5.26. The summed E-state index contributed by atoms with van der Waals surface area (Å²) in [7, 11) is 0. The highest BCUT2D eigenvalue weighted by molar-refractivity contribution is 6.05. The molecule has 1 saturated heterocycles. The molecule has 1 saturated carbocycles. The summed E-state index contributed by atoms with van der Waals surface area (Å²) in [6.45, 7) is 2.96. The lowest BCUT2D eigenvalue weighted by Crippen LogP contribution is -2.21. The Hall–Kier alpha value is -1.65. The van der Waals surface area contributed by atoms with E-state index in [0.29, 0.717) is 0 Å². The molecule has 0 aromatic carbocycles. The quantitative estimate of drug-likeness (QED) is 0.508. The van der Waals surface area contributed by atoms with Gasteiger partial charge in [0.15, 0.2) is 0 Å². The fourth-order valence-electron chi connectivity index (χ4n) is 2.07. The molecule has 2 rings (SSSR count). The average molecular weight is 225 g/mol. The lowest BCUT2D eigenvalue weighted by atomic mass is 9.81. The van der Waals surface area contributed by atoms with Gasteiger partial charge in [-0.25, -0.2) is 4.79 Å². The van der Waals surface area contributed by atoms with Crippen LogP contribution in [0.25, 0.3) is 0 Å². The van der Waals surface area contributed by atoms with Crippen LogP contribution in [0.3, 0.4) is 0 Å². The molecule has 2 N–H and O–H groups in total. The van der Waals surface area contributed by atoms with Gasteiger partial charge in [-0.3, -0.25) is 14.9 Å². The Balaban J connectivity index is 0.000000221. The second-order valence-electron chi connectivity index (χ2n) is 3.89. The Labute approximate surface area is 93.5 Å². The van der Waals surface area contributed by atoms with Crippen LogP contribution in [-0.4, -0.2) is 22.9 Å². The second-order valence-corrected chi connectivity index (χ2v) is 3.89. The fourth-order valence-corrected chi connectivity index (χ4v) is 2.07. The van der Waals surface area contributed by atoms with Crippen molar-refractivity contribution in [3.63, 3.8) is 0 Å². The summed E-state index contributed by atoms with van der Waals surface area (Å²) < 4.78 is 0. The monoisotopic (exact) mass is 225 g/mol. The van der Waals surface area contributed by atoms with E-state index in [1.807, 2.05) is 0 Å². The van der Waals surface area contributed by atoms with Gasteiger partial charge in [-0.2, -0.15) is 0 Å². The summed E-state index contributed by atoms with van der Waals surface area (Å²) in [6, 6.07) is 0. The third kappa shape index (κ3) is 2.92. The first-order chi connectivity index (χ1) is 7.56. The van der Waals surface area contributed by atoms with E-state index in [9.17, 15) is 14.4 Å². The molecule has 1 aliphatic carbocycles. The van der Waals surface area contributed by atoms with E-state index in [1.165, 1.54) is 0 Å². The zero-order chi connectivity index (χ0) is 12.1. The minimum absolute atomic E-state index is 0.0104. The second kappa shape index (κ2) is 5.44. The third-order valence-electron chi connectivity index (χ3n) is 2.86. The first-order valence-corrected chi connectivity index (χ1v) is 5.26. The lowest BCUT2D eigenvalue weighted by Gasteiger charge is -2.19. The number of amides is 2. The third-order valence-corrected chi connectivity index (χ3v) is 2.86. The molecule has 1 heterocycles. The number of carbonyl (C=O) groups is 3. The number of imide groups is 1. The number of rotatable bonds is 1. The van der Waals surface area contributed by atoms with Crippen LogP contribution in [0.15, 0.2) is 12.7 Å². The molecule has 2 amide bonds. The number of aliphatic carboxylic acids is 1. The number of nitrogens with one attached hydrogen (secondary N) is 1. The maximum Gasteiger partial charge on any atom is 0.327 e. The summed E-state index contributed by atoms with van der Waals surface area (Å²) in [5, 5.41) is 9.99. The van der Waals surface area contributed by atoms with Gasteiger partial charge in [0.2, 0.25) is 11.8 Å². The van der Waals surface area contributed by atoms with Crippen LogP contribution in [0.5, 0.6) is 0 Å². The van der Waals surface area contributed by atoms with Crippen molar-refractivity contribution in [3.05, 3.63) is 12.7 Å². The Morgan fingerprint density at radius 3 is 1.94 bits per heavy atom. The Kier molecular flexibility index (Phi) is 4.22. The minimum atomic E-state index is -0.981. The SMILES string of the molecule is C=CC(=O)O.O=C1NC(=O)C2CCCCC12. The Morgan fingerprint density at radius 1 is 1.25 bits per heavy atom. The molecule has 88 valence electrons. The summed E-state index contributed by atoms with van der Waals surface area (Å²) in [4.78, 5) is 31.4. The highest BCUT2D eigenvalue weighted by Crippen LogP contribution is 2.33. The molecule has 0 spiro atoms. The summed E-state index contributed by atoms with van der Waals surface area (Å²) in [5.74, 6) is -1.04. The molecule has 0 aromatic heterocycles. The van der Waals surface area contributed by atoms with Crippen LogP contribution < -0.4 is 5.32 Å². The van der Waals surface area contributed by atoms with Gasteiger partial charge in [0.25, 0.3) is 0 Å². The van der Waals surface area contributed by atoms with Gasteiger partial charge in [0, 0.05) is 17.9 Å². The highest BCUT2D eigenvalue weighted by atomic mass is 16.4. The predicted octanol–water partition coefficient (Wildman–Crippen LogP) is 0.706. The highest BCUT2D eigenvalue weighted by Gasteiger charge is 2.42. The van der Waals surface area contributed by atoms with Crippen LogP contribution in [0, 0.1) is 11.8 Å². The standard InChI is InChI=1S/C8H11NO2.C3H4O2/c10-7-5-3-1-2-4-6(5)8(11)9-7;1-2-3(4)5/h5-6H,1-4H2,(H,9,10,11);2H,1H2,(H,4,5). The topological polar surface area (TPSA) is 83.5 Å². The van der Waals surface area contributed by atoms with Gasteiger partial charge >= 0.3 is 5.97 Å². The Bertz CT molecular complexity index is 302. The smallest absolute Gasteiger partial charge is 0.327 e. The molecule has 2 unspecified atom stereocenters. The molecule has 5 heteroatoms. The van der Waals surface area contributed by atoms with Crippen molar-refractivity contribution in [2.75, 3.05) is 0 Å². The van der Waals surface area contributed by atoms with Crippen molar-refractivity contribution in [2.24, 2.45) is 11.8 Å². The van der Waals surface area contributed by atoms with Crippen molar-refractivity contribution in [1.29, 1.82) is 0 Å². The molecular weight excluding hydrogens is 210 g/mol. The molecule has 2 aliphatic rings. The van der Waals surface area contributed by atoms with Crippen LogP contribution in [-0.2, 0) is 14.4 Å². The van der Waals surface area contributed by atoms with Crippen molar-refractivity contribution in [2.45, 2.75) is 25.7 Å². The van der Waals surface area contributed by atoms with E-state index < -0.39 is 5.97 Å². The van der Waals surface area contributed by atoms with Crippen LogP contribution >= 0.6 is 0 Å². The Morgan fingerprint density at radius 2 is 1.62 bits per heavy atom. The van der Waals surface area contributed by atoms with Gasteiger partial charge in [-0.05, 0) is 12.8 Å². The van der Waals surface area contributed by atoms with Crippen LogP contribution in [0.4, 0.5) is 0 Å². The van der Waals surface area contributed by atoms with E-state index in [4.69, 9.17) is 5.11 Å². The maximum absolute atomic E-state index is 11.1. The number of fused-ring (bicyclic) bond motifs is 1. The molecule has 1 aliphatic heterocycles.